The van der Waals surface area contributed by atoms with Gasteiger partial charge in [0.15, 0.2) is 0 Å². The summed E-state index contributed by atoms with van der Waals surface area (Å²) in [5.74, 6) is 0.0996. The van der Waals surface area contributed by atoms with Crippen LogP contribution < -0.4 is 11.1 Å². The predicted octanol–water partition coefficient (Wildman–Crippen LogP) is 2.32. The molecule has 2 rings (SSSR count). The van der Waals surface area contributed by atoms with Crippen LogP contribution in [0, 0.1) is 17.7 Å². The number of halogens is 1. The van der Waals surface area contributed by atoms with Crippen LogP contribution in [0.5, 0.6) is 0 Å². The van der Waals surface area contributed by atoms with Gasteiger partial charge >= 0.3 is 0 Å². The summed E-state index contributed by atoms with van der Waals surface area (Å²) in [4.78, 5) is 11.9. The van der Waals surface area contributed by atoms with Crippen LogP contribution in [0.1, 0.15) is 36.0 Å². The number of carbonyl (C=O) groups excluding carboxylic acids is 1. The van der Waals surface area contributed by atoms with E-state index in [1.54, 1.807) is 12.1 Å². The van der Waals surface area contributed by atoms with Crippen molar-refractivity contribution in [3.05, 3.63) is 35.6 Å². The second kappa shape index (κ2) is 6.66. The zero-order valence-corrected chi connectivity index (χ0v) is 11.1. The fraction of sp³-hybridized carbons (Fsp3) is 0.533. The summed E-state index contributed by atoms with van der Waals surface area (Å²) in [5, 5.41) is 2.84. The summed E-state index contributed by atoms with van der Waals surface area (Å²) >= 11 is 0. The average molecular weight is 264 g/mol. The van der Waals surface area contributed by atoms with Gasteiger partial charge in [-0.3, -0.25) is 4.79 Å². The monoisotopic (exact) mass is 264 g/mol. The summed E-state index contributed by atoms with van der Waals surface area (Å²) in [5.41, 5.74) is 5.88. The van der Waals surface area contributed by atoms with Crippen molar-refractivity contribution in [1.29, 1.82) is 0 Å². The number of nitrogens with one attached hydrogen (secondary N) is 1. The van der Waals surface area contributed by atoms with Crippen LogP contribution in [-0.2, 0) is 0 Å². The molecule has 4 heteroatoms. The Labute approximate surface area is 113 Å². The molecule has 1 aliphatic rings. The summed E-state index contributed by atoms with van der Waals surface area (Å²) in [7, 11) is 0. The topological polar surface area (TPSA) is 55.1 Å². The molecule has 1 saturated carbocycles. The van der Waals surface area contributed by atoms with Gasteiger partial charge in [0.1, 0.15) is 5.82 Å². The lowest BCUT2D eigenvalue weighted by atomic mass is 9.79. The molecule has 0 saturated heterocycles. The highest BCUT2D eigenvalue weighted by Crippen LogP contribution is 2.28. The molecule has 0 spiro atoms. The van der Waals surface area contributed by atoms with E-state index in [0.717, 1.165) is 12.8 Å². The Bertz CT molecular complexity index is 436. The first kappa shape index (κ1) is 14.0. The van der Waals surface area contributed by atoms with E-state index in [1.165, 1.54) is 25.0 Å². The molecule has 2 unspecified atom stereocenters. The van der Waals surface area contributed by atoms with Crippen molar-refractivity contribution in [3.63, 3.8) is 0 Å². The predicted molar refractivity (Wildman–Crippen MR) is 73.2 cm³/mol. The third kappa shape index (κ3) is 3.53. The highest BCUT2D eigenvalue weighted by molar-refractivity contribution is 5.94. The standard InChI is InChI=1S/C15H21FN2O/c16-14-8-4-3-7-13(14)15(19)18-10-12-6-2-1-5-11(12)9-17/h3-4,7-8,11-12H,1-2,5-6,9-10,17H2,(H,18,19). The maximum Gasteiger partial charge on any atom is 0.254 e. The van der Waals surface area contributed by atoms with Gasteiger partial charge in [0.05, 0.1) is 5.56 Å². The van der Waals surface area contributed by atoms with E-state index in [0.29, 0.717) is 24.9 Å². The first-order valence-corrected chi connectivity index (χ1v) is 6.95. The van der Waals surface area contributed by atoms with Gasteiger partial charge < -0.3 is 11.1 Å². The van der Waals surface area contributed by atoms with Crippen LogP contribution in [0.25, 0.3) is 0 Å². The first-order valence-electron chi connectivity index (χ1n) is 6.95. The van der Waals surface area contributed by atoms with Gasteiger partial charge in [-0.1, -0.05) is 25.0 Å². The minimum atomic E-state index is -0.473. The number of hydrogen-bond acceptors (Lipinski definition) is 2. The molecular weight excluding hydrogens is 243 g/mol. The van der Waals surface area contributed by atoms with E-state index in [1.807, 2.05) is 0 Å². The highest BCUT2D eigenvalue weighted by atomic mass is 19.1. The van der Waals surface area contributed by atoms with E-state index in [9.17, 15) is 9.18 Å². The summed E-state index contributed by atoms with van der Waals surface area (Å²) < 4.78 is 13.5. The van der Waals surface area contributed by atoms with Crippen LogP contribution in [0.15, 0.2) is 24.3 Å². The summed E-state index contributed by atoms with van der Waals surface area (Å²) in [6, 6.07) is 6.06. The Morgan fingerprint density at radius 2 is 1.95 bits per heavy atom. The van der Waals surface area contributed by atoms with Crippen LogP contribution in [0.3, 0.4) is 0 Å². The van der Waals surface area contributed by atoms with Crippen molar-refractivity contribution in [2.24, 2.45) is 17.6 Å². The fourth-order valence-electron chi connectivity index (χ4n) is 2.83. The molecule has 104 valence electrons. The molecule has 3 nitrogen and oxygen atoms in total. The summed E-state index contributed by atoms with van der Waals surface area (Å²) in [6.45, 7) is 1.26. The number of rotatable bonds is 4. The Hall–Kier alpha value is -1.42. The zero-order chi connectivity index (χ0) is 13.7. The van der Waals surface area contributed by atoms with Crippen molar-refractivity contribution in [2.75, 3.05) is 13.1 Å². The van der Waals surface area contributed by atoms with E-state index < -0.39 is 5.82 Å². The lowest BCUT2D eigenvalue weighted by molar-refractivity contribution is 0.0931. The van der Waals surface area contributed by atoms with Gasteiger partial charge in [-0.25, -0.2) is 4.39 Å². The average Bonchev–Trinajstić information content (AvgIpc) is 2.45. The maximum absolute atomic E-state index is 13.5. The molecule has 3 N–H and O–H groups in total. The van der Waals surface area contributed by atoms with Gasteiger partial charge in [0.25, 0.3) is 5.91 Å². The molecule has 0 radical (unpaired) electrons. The Morgan fingerprint density at radius 3 is 2.63 bits per heavy atom. The number of carbonyl (C=O) groups is 1. The molecular formula is C15H21FN2O. The minimum absolute atomic E-state index is 0.114. The molecule has 19 heavy (non-hydrogen) atoms. The van der Waals surface area contributed by atoms with Crippen molar-refractivity contribution < 1.29 is 9.18 Å². The zero-order valence-electron chi connectivity index (χ0n) is 11.1. The van der Waals surface area contributed by atoms with Crippen LogP contribution >= 0.6 is 0 Å². The number of benzene rings is 1. The van der Waals surface area contributed by atoms with Gasteiger partial charge in [0.2, 0.25) is 0 Å². The number of amides is 1. The molecule has 2 atom stereocenters. The van der Waals surface area contributed by atoms with E-state index in [2.05, 4.69) is 5.32 Å². The van der Waals surface area contributed by atoms with Crippen LogP contribution in [0.4, 0.5) is 4.39 Å². The van der Waals surface area contributed by atoms with Crippen molar-refractivity contribution in [1.82, 2.24) is 5.32 Å². The van der Waals surface area contributed by atoms with Gasteiger partial charge in [-0.05, 0) is 43.4 Å². The maximum atomic E-state index is 13.5. The molecule has 0 bridgehead atoms. The molecule has 0 aromatic heterocycles. The molecule has 1 aromatic carbocycles. The normalized spacial score (nSPS) is 23.1. The van der Waals surface area contributed by atoms with Gasteiger partial charge in [-0.2, -0.15) is 0 Å². The number of hydrogen-bond donors (Lipinski definition) is 2. The highest BCUT2D eigenvalue weighted by Gasteiger charge is 2.24. The molecule has 0 aliphatic heterocycles. The van der Waals surface area contributed by atoms with Crippen molar-refractivity contribution in [3.8, 4) is 0 Å². The second-order valence-electron chi connectivity index (χ2n) is 5.23. The summed E-state index contributed by atoms with van der Waals surface area (Å²) in [6.07, 6.45) is 4.65. The lowest BCUT2D eigenvalue weighted by Crippen LogP contribution is -2.37. The minimum Gasteiger partial charge on any atom is -0.352 e. The van der Waals surface area contributed by atoms with Crippen molar-refractivity contribution >= 4 is 5.91 Å². The van der Waals surface area contributed by atoms with Crippen molar-refractivity contribution in [2.45, 2.75) is 25.7 Å². The molecule has 1 amide bonds. The second-order valence-corrected chi connectivity index (χ2v) is 5.23. The Kier molecular flexibility index (Phi) is 4.91. The Balaban J connectivity index is 1.91. The molecule has 1 fully saturated rings. The largest absolute Gasteiger partial charge is 0.352 e. The van der Waals surface area contributed by atoms with E-state index in [4.69, 9.17) is 5.73 Å². The van der Waals surface area contributed by atoms with Crippen LogP contribution in [0.2, 0.25) is 0 Å². The van der Waals surface area contributed by atoms with E-state index in [-0.39, 0.29) is 11.5 Å². The fourth-order valence-corrected chi connectivity index (χ4v) is 2.83. The number of nitrogens with two attached hydrogens (primary N) is 1. The lowest BCUT2D eigenvalue weighted by Gasteiger charge is -2.30. The van der Waals surface area contributed by atoms with Gasteiger partial charge in [-0.15, -0.1) is 0 Å². The smallest absolute Gasteiger partial charge is 0.254 e. The molecule has 1 aromatic rings. The molecule has 1 aliphatic carbocycles. The van der Waals surface area contributed by atoms with Gasteiger partial charge in [0, 0.05) is 6.54 Å². The van der Waals surface area contributed by atoms with E-state index >= 15 is 0 Å². The molecule has 0 heterocycles. The quantitative estimate of drug-likeness (QED) is 0.877. The third-order valence-electron chi connectivity index (χ3n) is 4.01. The SMILES string of the molecule is NCC1CCCCC1CNC(=O)c1ccccc1F. The Morgan fingerprint density at radius 1 is 1.26 bits per heavy atom. The van der Waals surface area contributed by atoms with Crippen LogP contribution in [-0.4, -0.2) is 19.0 Å². The first-order chi connectivity index (χ1) is 9.22. The third-order valence-corrected chi connectivity index (χ3v) is 4.01.